The standard InChI is InChI=1S/C13H17F3N4S/c1-3-5-17-12-19-10(9-4-6-21-11(9)20-12)18-8(2)7-13(14,15)16/h4,6,8H,3,5,7H2,1-2H3,(H2,17,18,19,20). The first-order valence-electron chi connectivity index (χ1n) is 6.71. The van der Waals surface area contributed by atoms with Crippen LogP contribution in [-0.2, 0) is 0 Å². The van der Waals surface area contributed by atoms with Gasteiger partial charge in [0.2, 0.25) is 5.95 Å². The van der Waals surface area contributed by atoms with Crippen molar-refractivity contribution in [3.63, 3.8) is 0 Å². The molecule has 0 aromatic carbocycles. The van der Waals surface area contributed by atoms with Gasteiger partial charge in [0.05, 0.1) is 11.8 Å². The lowest BCUT2D eigenvalue weighted by Gasteiger charge is -2.17. The summed E-state index contributed by atoms with van der Waals surface area (Å²) < 4.78 is 37.3. The minimum Gasteiger partial charge on any atom is -0.367 e. The summed E-state index contributed by atoms with van der Waals surface area (Å²) in [5.41, 5.74) is 0. The predicted octanol–water partition coefficient (Wildman–Crippen LogP) is 4.27. The van der Waals surface area contributed by atoms with Crippen molar-refractivity contribution in [1.82, 2.24) is 9.97 Å². The topological polar surface area (TPSA) is 49.8 Å². The predicted molar refractivity (Wildman–Crippen MR) is 80.0 cm³/mol. The van der Waals surface area contributed by atoms with Crippen molar-refractivity contribution in [3.8, 4) is 0 Å². The molecule has 116 valence electrons. The number of thiophene rings is 1. The number of nitrogens with one attached hydrogen (secondary N) is 2. The second-order valence-electron chi connectivity index (χ2n) is 4.83. The summed E-state index contributed by atoms with van der Waals surface area (Å²) >= 11 is 1.44. The van der Waals surface area contributed by atoms with Crippen molar-refractivity contribution < 1.29 is 13.2 Å². The Morgan fingerprint density at radius 2 is 2.10 bits per heavy atom. The van der Waals surface area contributed by atoms with E-state index in [1.807, 2.05) is 18.4 Å². The normalized spacial score (nSPS) is 13.4. The Hall–Kier alpha value is -1.57. The fourth-order valence-corrected chi connectivity index (χ4v) is 2.68. The second-order valence-corrected chi connectivity index (χ2v) is 5.72. The maximum absolute atomic E-state index is 12.4. The van der Waals surface area contributed by atoms with Crippen molar-refractivity contribution in [2.75, 3.05) is 17.2 Å². The lowest BCUT2D eigenvalue weighted by atomic mass is 10.2. The molecular formula is C13H17F3N4S. The lowest BCUT2D eigenvalue weighted by molar-refractivity contribution is -0.136. The van der Waals surface area contributed by atoms with Crippen LogP contribution in [0.1, 0.15) is 26.7 Å². The summed E-state index contributed by atoms with van der Waals surface area (Å²) in [5.74, 6) is 0.880. The number of fused-ring (bicyclic) bond motifs is 1. The maximum Gasteiger partial charge on any atom is 0.391 e. The van der Waals surface area contributed by atoms with E-state index in [1.54, 1.807) is 0 Å². The number of nitrogens with zero attached hydrogens (tertiary/aromatic N) is 2. The van der Waals surface area contributed by atoms with Crippen LogP contribution in [0.15, 0.2) is 11.4 Å². The highest BCUT2D eigenvalue weighted by Gasteiger charge is 2.30. The Labute approximate surface area is 124 Å². The van der Waals surface area contributed by atoms with E-state index in [2.05, 4.69) is 20.6 Å². The summed E-state index contributed by atoms with van der Waals surface area (Å²) in [7, 11) is 0. The molecule has 2 rings (SSSR count). The fraction of sp³-hybridized carbons (Fsp3) is 0.538. The van der Waals surface area contributed by atoms with Crippen LogP contribution in [0, 0.1) is 0 Å². The number of hydrogen-bond acceptors (Lipinski definition) is 5. The molecule has 0 spiro atoms. The van der Waals surface area contributed by atoms with Crippen molar-refractivity contribution in [3.05, 3.63) is 11.4 Å². The highest BCUT2D eigenvalue weighted by Crippen LogP contribution is 2.29. The van der Waals surface area contributed by atoms with Crippen LogP contribution in [0.5, 0.6) is 0 Å². The number of anilines is 2. The molecule has 2 aromatic heterocycles. The molecule has 8 heteroatoms. The molecule has 2 aromatic rings. The van der Waals surface area contributed by atoms with Crippen LogP contribution >= 0.6 is 11.3 Å². The zero-order valence-electron chi connectivity index (χ0n) is 11.8. The SMILES string of the molecule is CCCNc1nc(NC(C)CC(F)(F)F)c2ccsc2n1. The van der Waals surface area contributed by atoms with E-state index in [0.29, 0.717) is 18.3 Å². The molecule has 0 bridgehead atoms. The number of aromatic nitrogens is 2. The average Bonchev–Trinajstić information content (AvgIpc) is 2.82. The smallest absolute Gasteiger partial charge is 0.367 e. The van der Waals surface area contributed by atoms with Crippen LogP contribution in [0.2, 0.25) is 0 Å². The van der Waals surface area contributed by atoms with E-state index < -0.39 is 18.6 Å². The fourth-order valence-electron chi connectivity index (χ4n) is 1.91. The zero-order valence-corrected chi connectivity index (χ0v) is 12.6. The molecule has 1 atom stereocenters. The first-order valence-corrected chi connectivity index (χ1v) is 7.59. The van der Waals surface area contributed by atoms with Gasteiger partial charge in [0.25, 0.3) is 0 Å². The minimum absolute atomic E-state index is 0.438. The van der Waals surface area contributed by atoms with Crippen molar-refractivity contribution in [2.24, 2.45) is 0 Å². The molecule has 0 aliphatic carbocycles. The molecule has 2 heterocycles. The zero-order chi connectivity index (χ0) is 15.5. The van der Waals surface area contributed by atoms with Gasteiger partial charge in [-0.15, -0.1) is 11.3 Å². The first kappa shape index (κ1) is 15.8. The van der Waals surface area contributed by atoms with Gasteiger partial charge in [-0.05, 0) is 24.8 Å². The minimum atomic E-state index is -4.20. The number of rotatable bonds is 6. The largest absolute Gasteiger partial charge is 0.391 e. The summed E-state index contributed by atoms with van der Waals surface area (Å²) in [6.45, 7) is 4.22. The molecule has 4 nitrogen and oxygen atoms in total. The van der Waals surface area contributed by atoms with E-state index in [9.17, 15) is 13.2 Å². The molecule has 0 saturated carbocycles. The van der Waals surface area contributed by atoms with Gasteiger partial charge in [0, 0.05) is 12.6 Å². The molecule has 0 fully saturated rings. The molecule has 1 unspecified atom stereocenters. The van der Waals surface area contributed by atoms with E-state index in [1.165, 1.54) is 18.3 Å². The first-order chi connectivity index (χ1) is 9.89. The molecule has 0 radical (unpaired) electrons. The molecular weight excluding hydrogens is 301 g/mol. The van der Waals surface area contributed by atoms with Crippen LogP contribution in [0.3, 0.4) is 0 Å². The third kappa shape index (κ3) is 4.45. The van der Waals surface area contributed by atoms with Gasteiger partial charge < -0.3 is 10.6 Å². The molecule has 2 N–H and O–H groups in total. The summed E-state index contributed by atoms with van der Waals surface area (Å²) in [6.07, 6.45) is -4.18. The van der Waals surface area contributed by atoms with E-state index in [-0.39, 0.29) is 0 Å². The highest BCUT2D eigenvalue weighted by molar-refractivity contribution is 7.16. The monoisotopic (exact) mass is 318 g/mol. The Bertz CT molecular complexity index is 597. The third-order valence-electron chi connectivity index (χ3n) is 2.78. The van der Waals surface area contributed by atoms with E-state index in [4.69, 9.17) is 0 Å². The second kappa shape index (κ2) is 6.46. The molecule has 0 aliphatic heterocycles. The third-order valence-corrected chi connectivity index (χ3v) is 3.59. The van der Waals surface area contributed by atoms with Gasteiger partial charge in [0.1, 0.15) is 10.6 Å². The Morgan fingerprint density at radius 1 is 1.33 bits per heavy atom. The number of halogens is 3. The highest BCUT2D eigenvalue weighted by atomic mass is 32.1. The number of alkyl halides is 3. The Balaban J connectivity index is 2.22. The Morgan fingerprint density at radius 3 is 2.76 bits per heavy atom. The van der Waals surface area contributed by atoms with Crippen molar-refractivity contribution >= 4 is 33.3 Å². The molecule has 0 aliphatic rings. The van der Waals surface area contributed by atoms with Crippen molar-refractivity contribution in [1.29, 1.82) is 0 Å². The van der Waals surface area contributed by atoms with Gasteiger partial charge in [-0.1, -0.05) is 6.92 Å². The quantitative estimate of drug-likeness (QED) is 0.835. The number of hydrogen-bond donors (Lipinski definition) is 2. The van der Waals surface area contributed by atoms with Gasteiger partial charge in [0.15, 0.2) is 0 Å². The summed E-state index contributed by atoms with van der Waals surface area (Å²) in [5, 5.41) is 8.50. The van der Waals surface area contributed by atoms with Crippen molar-refractivity contribution in [2.45, 2.75) is 38.9 Å². The van der Waals surface area contributed by atoms with Crippen LogP contribution < -0.4 is 10.6 Å². The molecule has 0 amide bonds. The van der Waals surface area contributed by atoms with Gasteiger partial charge >= 0.3 is 6.18 Å². The Kier molecular flexibility index (Phi) is 4.87. The van der Waals surface area contributed by atoms with Crippen LogP contribution in [0.4, 0.5) is 24.9 Å². The van der Waals surface area contributed by atoms with E-state index in [0.717, 1.165) is 16.6 Å². The van der Waals surface area contributed by atoms with Gasteiger partial charge in [-0.25, -0.2) is 4.98 Å². The van der Waals surface area contributed by atoms with Gasteiger partial charge in [-0.2, -0.15) is 18.2 Å². The van der Waals surface area contributed by atoms with E-state index >= 15 is 0 Å². The van der Waals surface area contributed by atoms with Crippen LogP contribution in [0.25, 0.3) is 10.2 Å². The average molecular weight is 318 g/mol. The molecule has 21 heavy (non-hydrogen) atoms. The van der Waals surface area contributed by atoms with Crippen LogP contribution in [-0.4, -0.2) is 28.7 Å². The summed E-state index contributed by atoms with van der Waals surface area (Å²) in [4.78, 5) is 9.39. The maximum atomic E-state index is 12.4. The summed E-state index contributed by atoms with van der Waals surface area (Å²) in [6, 6.07) is 1.06. The van der Waals surface area contributed by atoms with Gasteiger partial charge in [-0.3, -0.25) is 0 Å². The molecule has 0 saturated heterocycles. The lowest BCUT2D eigenvalue weighted by Crippen LogP contribution is -2.24.